The minimum Gasteiger partial charge on any atom is -0.352 e. The van der Waals surface area contributed by atoms with E-state index in [9.17, 15) is 4.79 Å². The molecule has 2 nitrogen and oxygen atoms in total. The zero-order valence-electron chi connectivity index (χ0n) is 12.4. The Morgan fingerprint density at radius 1 is 1.00 bits per heavy atom. The van der Waals surface area contributed by atoms with E-state index in [1.54, 1.807) is 0 Å². The van der Waals surface area contributed by atoms with Crippen LogP contribution in [0.25, 0.3) is 0 Å². The van der Waals surface area contributed by atoms with E-state index in [1.165, 1.54) is 16.7 Å². The molecule has 1 amide bonds. The Morgan fingerprint density at radius 3 is 2.48 bits per heavy atom. The van der Waals surface area contributed by atoms with Crippen LogP contribution in [0.4, 0.5) is 0 Å². The van der Waals surface area contributed by atoms with Gasteiger partial charge in [-0.3, -0.25) is 4.79 Å². The van der Waals surface area contributed by atoms with Crippen molar-refractivity contribution >= 4 is 21.8 Å². The van der Waals surface area contributed by atoms with E-state index in [0.717, 1.165) is 16.5 Å². The van der Waals surface area contributed by atoms with Crippen LogP contribution in [0.3, 0.4) is 0 Å². The number of nitrogens with one attached hydrogen (secondary N) is 1. The lowest BCUT2D eigenvalue weighted by atomic mass is 10.0. The lowest BCUT2D eigenvalue weighted by molar-refractivity contribution is -0.120. The van der Waals surface area contributed by atoms with Crippen molar-refractivity contribution in [2.45, 2.75) is 32.1 Å². The standard InChI is InChI=1S/C18H20BrNO/c1-13-6-7-15(8-14(13)2)10-18(21)20-12-17-5-3-4-16(9-17)11-19/h3-9H,10-12H2,1-2H3,(H,20,21). The Balaban J connectivity index is 1.91. The van der Waals surface area contributed by atoms with Crippen LogP contribution in [-0.2, 0) is 23.1 Å². The quantitative estimate of drug-likeness (QED) is 0.813. The van der Waals surface area contributed by atoms with Gasteiger partial charge in [-0.1, -0.05) is 58.4 Å². The predicted octanol–water partition coefficient (Wildman–Crippen LogP) is 4.06. The van der Waals surface area contributed by atoms with E-state index in [0.29, 0.717) is 13.0 Å². The Kier molecular flexibility index (Phi) is 5.57. The summed E-state index contributed by atoms with van der Waals surface area (Å²) in [6.07, 6.45) is 0.430. The van der Waals surface area contributed by atoms with Crippen molar-refractivity contribution in [3.8, 4) is 0 Å². The fourth-order valence-electron chi connectivity index (χ4n) is 2.18. The number of halogens is 1. The van der Waals surface area contributed by atoms with Crippen molar-refractivity contribution in [1.82, 2.24) is 5.32 Å². The van der Waals surface area contributed by atoms with Crippen molar-refractivity contribution in [2.24, 2.45) is 0 Å². The SMILES string of the molecule is Cc1ccc(CC(=O)NCc2cccc(CBr)c2)cc1C. The number of alkyl halides is 1. The second-order valence-corrected chi connectivity index (χ2v) is 5.89. The number of hydrogen-bond donors (Lipinski definition) is 1. The zero-order chi connectivity index (χ0) is 15.2. The number of benzene rings is 2. The molecule has 0 saturated carbocycles. The molecule has 0 radical (unpaired) electrons. The Labute approximate surface area is 134 Å². The molecule has 0 aromatic heterocycles. The summed E-state index contributed by atoms with van der Waals surface area (Å²) in [6, 6.07) is 14.4. The third-order valence-electron chi connectivity index (χ3n) is 3.57. The maximum absolute atomic E-state index is 12.0. The minimum atomic E-state index is 0.0579. The minimum absolute atomic E-state index is 0.0579. The van der Waals surface area contributed by atoms with Gasteiger partial charge in [0.1, 0.15) is 0 Å². The van der Waals surface area contributed by atoms with Gasteiger partial charge in [-0.2, -0.15) is 0 Å². The van der Waals surface area contributed by atoms with Crippen LogP contribution in [0.1, 0.15) is 27.8 Å². The normalized spacial score (nSPS) is 10.4. The van der Waals surface area contributed by atoms with Gasteiger partial charge >= 0.3 is 0 Å². The molecule has 21 heavy (non-hydrogen) atoms. The molecule has 0 atom stereocenters. The summed E-state index contributed by atoms with van der Waals surface area (Å²) in [5.74, 6) is 0.0579. The first kappa shape index (κ1) is 15.8. The van der Waals surface area contributed by atoms with Crippen LogP contribution in [0, 0.1) is 13.8 Å². The number of carbonyl (C=O) groups excluding carboxylic acids is 1. The van der Waals surface area contributed by atoms with Crippen LogP contribution in [0.15, 0.2) is 42.5 Å². The summed E-state index contributed by atoms with van der Waals surface area (Å²) >= 11 is 3.44. The number of rotatable bonds is 5. The lowest BCUT2D eigenvalue weighted by Crippen LogP contribution is -2.24. The molecular weight excluding hydrogens is 326 g/mol. The molecule has 2 rings (SSSR count). The molecule has 0 saturated heterocycles. The van der Waals surface area contributed by atoms with Gasteiger partial charge in [0, 0.05) is 11.9 Å². The molecule has 0 unspecified atom stereocenters. The summed E-state index contributed by atoms with van der Waals surface area (Å²) in [7, 11) is 0. The highest BCUT2D eigenvalue weighted by molar-refractivity contribution is 9.08. The van der Waals surface area contributed by atoms with E-state index in [4.69, 9.17) is 0 Å². The van der Waals surface area contributed by atoms with E-state index in [1.807, 2.05) is 18.2 Å². The third kappa shape index (κ3) is 4.71. The first-order valence-corrected chi connectivity index (χ1v) is 8.17. The van der Waals surface area contributed by atoms with Gasteiger partial charge in [0.05, 0.1) is 6.42 Å². The molecule has 2 aromatic rings. The number of carbonyl (C=O) groups is 1. The van der Waals surface area contributed by atoms with Crippen LogP contribution in [-0.4, -0.2) is 5.91 Å². The largest absolute Gasteiger partial charge is 0.352 e. The number of hydrogen-bond acceptors (Lipinski definition) is 1. The van der Waals surface area contributed by atoms with Crippen LogP contribution >= 0.6 is 15.9 Å². The van der Waals surface area contributed by atoms with Crippen LogP contribution in [0.5, 0.6) is 0 Å². The van der Waals surface area contributed by atoms with E-state index < -0.39 is 0 Å². The fraction of sp³-hybridized carbons (Fsp3) is 0.278. The summed E-state index contributed by atoms with van der Waals surface area (Å²) in [5, 5.41) is 3.81. The maximum atomic E-state index is 12.0. The number of amides is 1. The molecule has 0 aliphatic heterocycles. The average Bonchev–Trinajstić information content (AvgIpc) is 2.49. The molecule has 110 valence electrons. The average molecular weight is 346 g/mol. The number of aryl methyl sites for hydroxylation is 2. The summed E-state index contributed by atoms with van der Waals surface area (Å²) in [6.45, 7) is 4.73. The van der Waals surface area contributed by atoms with Gasteiger partial charge in [-0.05, 0) is 41.7 Å². The summed E-state index contributed by atoms with van der Waals surface area (Å²) in [5.41, 5.74) is 5.89. The first-order valence-electron chi connectivity index (χ1n) is 7.05. The van der Waals surface area contributed by atoms with E-state index >= 15 is 0 Å². The smallest absolute Gasteiger partial charge is 0.224 e. The van der Waals surface area contributed by atoms with Gasteiger partial charge in [0.2, 0.25) is 5.91 Å². The van der Waals surface area contributed by atoms with Crippen molar-refractivity contribution in [3.63, 3.8) is 0 Å². The van der Waals surface area contributed by atoms with Crippen molar-refractivity contribution < 1.29 is 4.79 Å². The first-order chi connectivity index (χ1) is 10.1. The van der Waals surface area contributed by atoms with Gasteiger partial charge in [0.15, 0.2) is 0 Å². The lowest BCUT2D eigenvalue weighted by Gasteiger charge is -2.08. The Bertz CT molecular complexity index is 637. The molecule has 0 fully saturated rings. The molecule has 0 aliphatic rings. The summed E-state index contributed by atoms with van der Waals surface area (Å²) in [4.78, 5) is 12.0. The van der Waals surface area contributed by atoms with Crippen molar-refractivity contribution in [2.75, 3.05) is 0 Å². The highest BCUT2D eigenvalue weighted by Gasteiger charge is 2.05. The third-order valence-corrected chi connectivity index (χ3v) is 4.22. The van der Waals surface area contributed by atoms with Gasteiger partial charge in [0.25, 0.3) is 0 Å². The van der Waals surface area contributed by atoms with Crippen LogP contribution in [0.2, 0.25) is 0 Å². The topological polar surface area (TPSA) is 29.1 Å². The monoisotopic (exact) mass is 345 g/mol. The molecule has 0 aliphatic carbocycles. The van der Waals surface area contributed by atoms with E-state index in [2.05, 4.69) is 59.4 Å². The molecule has 1 N–H and O–H groups in total. The zero-order valence-corrected chi connectivity index (χ0v) is 14.0. The molecule has 0 heterocycles. The second-order valence-electron chi connectivity index (χ2n) is 5.33. The van der Waals surface area contributed by atoms with Gasteiger partial charge < -0.3 is 5.32 Å². The van der Waals surface area contributed by atoms with Gasteiger partial charge in [-0.25, -0.2) is 0 Å². The highest BCUT2D eigenvalue weighted by atomic mass is 79.9. The molecule has 0 bridgehead atoms. The summed E-state index contributed by atoms with van der Waals surface area (Å²) < 4.78 is 0. The Morgan fingerprint density at radius 2 is 1.76 bits per heavy atom. The molecular formula is C18H20BrNO. The highest BCUT2D eigenvalue weighted by Crippen LogP contribution is 2.11. The maximum Gasteiger partial charge on any atom is 0.224 e. The van der Waals surface area contributed by atoms with Crippen molar-refractivity contribution in [1.29, 1.82) is 0 Å². The van der Waals surface area contributed by atoms with Gasteiger partial charge in [-0.15, -0.1) is 0 Å². The Hall–Kier alpha value is -1.61. The van der Waals surface area contributed by atoms with E-state index in [-0.39, 0.29) is 5.91 Å². The molecule has 0 spiro atoms. The van der Waals surface area contributed by atoms with Crippen LogP contribution < -0.4 is 5.32 Å². The molecule has 2 aromatic carbocycles. The predicted molar refractivity (Wildman–Crippen MR) is 90.5 cm³/mol. The molecule has 3 heteroatoms. The van der Waals surface area contributed by atoms with Crippen molar-refractivity contribution in [3.05, 3.63) is 70.3 Å². The fourth-order valence-corrected chi connectivity index (χ4v) is 2.53. The second kappa shape index (κ2) is 7.41.